The average molecular weight is 349 g/mol. The summed E-state index contributed by atoms with van der Waals surface area (Å²) in [5, 5.41) is 7.10. The first kappa shape index (κ1) is 13.8. The van der Waals surface area contributed by atoms with Crippen molar-refractivity contribution >= 4 is 26.8 Å². The second kappa shape index (κ2) is 5.10. The number of benzene rings is 1. The second-order valence-electron chi connectivity index (χ2n) is 6.64. The fourth-order valence-electron chi connectivity index (χ4n) is 3.88. The number of rotatable bonds is 4. The van der Waals surface area contributed by atoms with Crippen LogP contribution in [0.25, 0.3) is 10.9 Å². The summed E-state index contributed by atoms with van der Waals surface area (Å²) >= 11 is 3.78. The predicted octanol–water partition coefficient (Wildman–Crippen LogP) is 3.70. The van der Waals surface area contributed by atoms with Crippen LogP contribution in [0.15, 0.2) is 24.3 Å². The maximum Gasteiger partial charge on any atom is 0.0710 e. The first-order valence-electron chi connectivity index (χ1n) is 7.82. The summed E-state index contributed by atoms with van der Waals surface area (Å²) < 4.78 is 8.12. The van der Waals surface area contributed by atoms with Crippen LogP contribution in [0.3, 0.4) is 0 Å². The van der Waals surface area contributed by atoms with Crippen LogP contribution in [0.2, 0.25) is 0 Å². The highest BCUT2D eigenvalue weighted by Crippen LogP contribution is 2.50. The quantitative estimate of drug-likeness (QED) is 0.787. The van der Waals surface area contributed by atoms with Gasteiger partial charge in [-0.05, 0) is 31.2 Å². The van der Waals surface area contributed by atoms with Crippen LogP contribution < -0.4 is 0 Å². The Hall–Kier alpha value is -0.870. The lowest BCUT2D eigenvalue weighted by Gasteiger charge is -2.32. The number of alkyl halides is 1. The van der Waals surface area contributed by atoms with E-state index in [4.69, 9.17) is 9.84 Å². The zero-order chi connectivity index (χ0) is 14.4. The maximum absolute atomic E-state index is 6.11. The van der Waals surface area contributed by atoms with Crippen molar-refractivity contribution < 1.29 is 4.74 Å². The van der Waals surface area contributed by atoms with Gasteiger partial charge in [0, 0.05) is 36.2 Å². The van der Waals surface area contributed by atoms with Gasteiger partial charge in [0.1, 0.15) is 0 Å². The van der Waals surface area contributed by atoms with E-state index in [-0.39, 0.29) is 5.41 Å². The molecular formula is C17H21BrN2O. The summed E-state index contributed by atoms with van der Waals surface area (Å²) in [7, 11) is 2.04. The molecular weight excluding hydrogens is 328 g/mol. The number of halogens is 1. The van der Waals surface area contributed by atoms with Crippen LogP contribution in [-0.4, -0.2) is 27.8 Å². The van der Waals surface area contributed by atoms with E-state index in [1.807, 2.05) is 11.7 Å². The topological polar surface area (TPSA) is 27.1 Å². The molecule has 1 aliphatic carbocycles. The standard InChI is InChI=1S/C17H21BrN2O/c1-20-15-5-3-2-4-13(15)14(19-20)10-17(11-18)8-9-21-16(17)12-6-7-12/h2-5,12,16H,6-11H2,1H3. The van der Waals surface area contributed by atoms with Crippen molar-refractivity contribution in [3.05, 3.63) is 30.0 Å². The monoisotopic (exact) mass is 348 g/mol. The third-order valence-corrected chi connectivity index (χ3v) is 6.29. The molecule has 2 fully saturated rings. The van der Waals surface area contributed by atoms with E-state index >= 15 is 0 Å². The summed E-state index contributed by atoms with van der Waals surface area (Å²) in [5.74, 6) is 0.778. The van der Waals surface area contributed by atoms with Gasteiger partial charge in [0.25, 0.3) is 0 Å². The smallest absolute Gasteiger partial charge is 0.0710 e. The summed E-state index contributed by atoms with van der Waals surface area (Å²) in [6.07, 6.45) is 5.24. The largest absolute Gasteiger partial charge is 0.377 e. The number of hydrogen-bond donors (Lipinski definition) is 0. The van der Waals surface area contributed by atoms with Crippen LogP contribution >= 0.6 is 15.9 Å². The molecule has 1 aromatic carbocycles. The molecule has 2 aromatic rings. The Bertz CT molecular complexity index is 664. The van der Waals surface area contributed by atoms with Crippen molar-refractivity contribution in [1.82, 2.24) is 9.78 Å². The van der Waals surface area contributed by atoms with Gasteiger partial charge in [0.05, 0.1) is 17.3 Å². The number of fused-ring (bicyclic) bond motifs is 1. The van der Waals surface area contributed by atoms with E-state index in [2.05, 4.69) is 40.2 Å². The third kappa shape index (κ3) is 2.23. The van der Waals surface area contributed by atoms with Crippen molar-refractivity contribution in [3.8, 4) is 0 Å². The molecule has 3 nitrogen and oxygen atoms in total. The van der Waals surface area contributed by atoms with Gasteiger partial charge in [-0.25, -0.2) is 0 Å². The predicted molar refractivity (Wildman–Crippen MR) is 87.7 cm³/mol. The molecule has 2 aliphatic rings. The van der Waals surface area contributed by atoms with Gasteiger partial charge in [-0.1, -0.05) is 34.1 Å². The molecule has 4 rings (SSSR count). The highest BCUT2D eigenvalue weighted by molar-refractivity contribution is 9.09. The lowest BCUT2D eigenvalue weighted by molar-refractivity contribution is 0.0410. The Morgan fingerprint density at radius 3 is 2.95 bits per heavy atom. The van der Waals surface area contributed by atoms with Crippen LogP contribution in [0.5, 0.6) is 0 Å². The Morgan fingerprint density at radius 2 is 2.19 bits per heavy atom. The van der Waals surface area contributed by atoms with E-state index in [9.17, 15) is 0 Å². The fraction of sp³-hybridized carbons (Fsp3) is 0.588. The van der Waals surface area contributed by atoms with Crippen LogP contribution in [0.4, 0.5) is 0 Å². The van der Waals surface area contributed by atoms with E-state index < -0.39 is 0 Å². The van der Waals surface area contributed by atoms with Gasteiger partial charge in [-0.2, -0.15) is 5.10 Å². The van der Waals surface area contributed by atoms with Gasteiger partial charge >= 0.3 is 0 Å². The highest BCUT2D eigenvalue weighted by atomic mass is 79.9. The molecule has 112 valence electrons. The number of aryl methyl sites for hydroxylation is 1. The van der Waals surface area contributed by atoms with E-state index in [0.717, 1.165) is 30.7 Å². The molecule has 4 heteroatoms. The highest BCUT2D eigenvalue weighted by Gasteiger charge is 2.50. The molecule has 2 atom stereocenters. The molecule has 1 saturated carbocycles. The van der Waals surface area contributed by atoms with Crippen molar-refractivity contribution in [3.63, 3.8) is 0 Å². The molecule has 2 unspecified atom stereocenters. The number of aromatic nitrogens is 2. The minimum atomic E-state index is 0.221. The summed E-state index contributed by atoms with van der Waals surface area (Å²) in [4.78, 5) is 0. The molecule has 1 aromatic heterocycles. The first-order valence-corrected chi connectivity index (χ1v) is 8.94. The molecule has 0 spiro atoms. The normalized spacial score (nSPS) is 29.3. The van der Waals surface area contributed by atoms with E-state index in [1.54, 1.807) is 0 Å². The third-order valence-electron chi connectivity index (χ3n) is 5.17. The Labute approximate surface area is 133 Å². The first-order chi connectivity index (χ1) is 10.2. The molecule has 1 saturated heterocycles. The van der Waals surface area contributed by atoms with Crippen LogP contribution in [0, 0.1) is 11.3 Å². The van der Waals surface area contributed by atoms with Crippen molar-refractivity contribution in [1.29, 1.82) is 0 Å². The summed E-state index contributed by atoms with van der Waals surface area (Å²) in [5.41, 5.74) is 2.67. The minimum absolute atomic E-state index is 0.221. The molecule has 0 bridgehead atoms. The molecule has 0 N–H and O–H groups in total. The molecule has 2 heterocycles. The zero-order valence-electron chi connectivity index (χ0n) is 12.4. The van der Waals surface area contributed by atoms with Gasteiger partial charge in [-0.3, -0.25) is 4.68 Å². The maximum atomic E-state index is 6.11. The molecule has 21 heavy (non-hydrogen) atoms. The van der Waals surface area contributed by atoms with Crippen LogP contribution in [-0.2, 0) is 18.2 Å². The lowest BCUT2D eigenvalue weighted by atomic mass is 9.76. The number of para-hydroxylation sites is 1. The van der Waals surface area contributed by atoms with Gasteiger partial charge < -0.3 is 4.74 Å². The number of nitrogens with zero attached hydrogens (tertiary/aromatic N) is 2. The lowest BCUT2D eigenvalue weighted by Crippen LogP contribution is -2.36. The average Bonchev–Trinajstić information content (AvgIpc) is 3.20. The van der Waals surface area contributed by atoms with E-state index in [0.29, 0.717) is 6.10 Å². The Morgan fingerprint density at radius 1 is 1.38 bits per heavy atom. The molecule has 0 radical (unpaired) electrons. The number of ether oxygens (including phenoxy) is 1. The van der Waals surface area contributed by atoms with Gasteiger partial charge in [-0.15, -0.1) is 0 Å². The van der Waals surface area contributed by atoms with Crippen molar-refractivity contribution in [2.45, 2.75) is 31.8 Å². The SMILES string of the molecule is Cn1nc(CC2(CBr)CCOC2C2CC2)c2ccccc21. The minimum Gasteiger partial charge on any atom is -0.377 e. The zero-order valence-corrected chi connectivity index (χ0v) is 14.0. The fourth-order valence-corrected chi connectivity index (χ4v) is 4.67. The van der Waals surface area contributed by atoms with Crippen LogP contribution in [0.1, 0.15) is 25.0 Å². The number of hydrogen-bond acceptors (Lipinski definition) is 2. The Kier molecular flexibility index (Phi) is 3.34. The summed E-state index contributed by atoms with van der Waals surface area (Å²) in [6.45, 7) is 0.900. The van der Waals surface area contributed by atoms with Gasteiger partial charge in [0.2, 0.25) is 0 Å². The Balaban J connectivity index is 1.72. The summed E-state index contributed by atoms with van der Waals surface area (Å²) in [6, 6.07) is 8.54. The molecule has 1 aliphatic heterocycles. The van der Waals surface area contributed by atoms with Gasteiger partial charge in [0.15, 0.2) is 0 Å². The van der Waals surface area contributed by atoms with E-state index in [1.165, 1.54) is 29.4 Å². The van der Waals surface area contributed by atoms with Crippen molar-refractivity contribution in [2.24, 2.45) is 18.4 Å². The van der Waals surface area contributed by atoms with Crippen molar-refractivity contribution in [2.75, 3.05) is 11.9 Å². The second-order valence-corrected chi connectivity index (χ2v) is 7.20. The molecule has 0 amide bonds.